The van der Waals surface area contributed by atoms with Crippen molar-refractivity contribution in [1.82, 2.24) is 15.3 Å². The maximum absolute atomic E-state index is 4.71. The lowest BCUT2D eigenvalue weighted by atomic mass is 9.97. The van der Waals surface area contributed by atoms with Crippen molar-refractivity contribution < 1.29 is 0 Å². The van der Waals surface area contributed by atoms with E-state index in [0.717, 1.165) is 12.4 Å². The number of hydrogen-bond acceptors (Lipinski definition) is 3. The van der Waals surface area contributed by atoms with Crippen LogP contribution in [-0.4, -0.2) is 22.6 Å². The quantitative estimate of drug-likeness (QED) is 0.869. The van der Waals surface area contributed by atoms with Gasteiger partial charge in [-0.15, -0.1) is 0 Å². The van der Waals surface area contributed by atoms with Gasteiger partial charge in [-0.2, -0.15) is 0 Å². The molecule has 1 aliphatic carbocycles. The summed E-state index contributed by atoms with van der Waals surface area (Å²) in [5.74, 6) is 2.18. The highest BCUT2D eigenvalue weighted by atomic mass is 14.9. The minimum Gasteiger partial charge on any atom is -0.314 e. The van der Waals surface area contributed by atoms with Gasteiger partial charge in [0.05, 0.1) is 0 Å². The Labute approximate surface area is 110 Å². The van der Waals surface area contributed by atoms with Crippen molar-refractivity contribution >= 4 is 0 Å². The van der Waals surface area contributed by atoms with Gasteiger partial charge in [-0.05, 0) is 38.2 Å². The molecule has 1 saturated carbocycles. The normalized spacial score (nSPS) is 17.2. The summed E-state index contributed by atoms with van der Waals surface area (Å²) in [4.78, 5) is 9.41. The first-order valence-electron chi connectivity index (χ1n) is 7.07. The fourth-order valence-electron chi connectivity index (χ4n) is 2.50. The van der Waals surface area contributed by atoms with E-state index >= 15 is 0 Å². The third-order valence-corrected chi connectivity index (χ3v) is 3.61. The Morgan fingerprint density at radius 3 is 2.11 bits per heavy atom. The van der Waals surface area contributed by atoms with Crippen LogP contribution in [0.25, 0.3) is 0 Å². The van der Waals surface area contributed by atoms with Crippen molar-refractivity contribution in [3.8, 4) is 0 Å². The van der Waals surface area contributed by atoms with Gasteiger partial charge in [-0.3, -0.25) is 0 Å². The van der Waals surface area contributed by atoms with E-state index in [1.807, 2.05) is 0 Å². The van der Waals surface area contributed by atoms with Gasteiger partial charge in [0.25, 0.3) is 0 Å². The number of hydrogen-bond donors (Lipinski definition) is 1. The summed E-state index contributed by atoms with van der Waals surface area (Å²) in [6, 6.07) is 0.528. The minimum atomic E-state index is 0.473. The summed E-state index contributed by atoms with van der Waals surface area (Å²) in [5.41, 5.74) is 3.66. The van der Waals surface area contributed by atoms with Crippen molar-refractivity contribution in [1.29, 1.82) is 0 Å². The van der Waals surface area contributed by atoms with Crippen LogP contribution in [0.15, 0.2) is 0 Å². The van der Waals surface area contributed by atoms with Crippen molar-refractivity contribution in [3.05, 3.63) is 22.8 Å². The standard InChI is InChI=1S/C15H25N3/c1-9(2)16-8-10(3)14-11(4)17-15(13-6-7-13)18-12(14)5/h9-10,13,16H,6-8H2,1-5H3. The summed E-state index contributed by atoms with van der Waals surface area (Å²) in [7, 11) is 0. The van der Waals surface area contributed by atoms with Gasteiger partial charge in [-0.25, -0.2) is 9.97 Å². The number of nitrogens with one attached hydrogen (secondary N) is 1. The Balaban J connectivity index is 2.16. The first-order valence-corrected chi connectivity index (χ1v) is 7.07. The second-order valence-electron chi connectivity index (χ2n) is 5.90. The smallest absolute Gasteiger partial charge is 0.131 e. The molecule has 0 bridgehead atoms. The third kappa shape index (κ3) is 3.08. The number of nitrogens with zero attached hydrogens (tertiary/aromatic N) is 2. The van der Waals surface area contributed by atoms with E-state index in [0.29, 0.717) is 17.9 Å². The fraction of sp³-hybridized carbons (Fsp3) is 0.733. The molecule has 1 aromatic heterocycles. The van der Waals surface area contributed by atoms with Crippen LogP contribution in [0.4, 0.5) is 0 Å². The topological polar surface area (TPSA) is 37.8 Å². The fourth-order valence-corrected chi connectivity index (χ4v) is 2.50. The van der Waals surface area contributed by atoms with Crippen LogP contribution in [-0.2, 0) is 0 Å². The van der Waals surface area contributed by atoms with Crippen molar-refractivity contribution in [2.24, 2.45) is 0 Å². The van der Waals surface area contributed by atoms with Gasteiger partial charge < -0.3 is 5.32 Å². The Hall–Kier alpha value is -0.960. The molecule has 1 atom stereocenters. The van der Waals surface area contributed by atoms with Gasteiger partial charge in [0.1, 0.15) is 5.82 Å². The van der Waals surface area contributed by atoms with Crippen LogP contribution >= 0.6 is 0 Å². The van der Waals surface area contributed by atoms with Crippen LogP contribution in [0.2, 0.25) is 0 Å². The Morgan fingerprint density at radius 2 is 1.67 bits per heavy atom. The van der Waals surface area contributed by atoms with E-state index in [-0.39, 0.29) is 0 Å². The molecule has 100 valence electrons. The molecule has 0 aromatic carbocycles. The van der Waals surface area contributed by atoms with Crippen molar-refractivity contribution in [2.45, 2.75) is 65.3 Å². The van der Waals surface area contributed by atoms with Crippen LogP contribution in [0.5, 0.6) is 0 Å². The number of aromatic nitrogens is 2. The number of aryl methyl sites for hydroxylation is 2. The van der Waals surface area contributed by atoms with E-state index in [1.54, 1.807) is 0 Å². The SMILES string of the molecule is Cc1nc(C2CC2)nc(C)c1C(C)CNC(C)C. The van der Waals surface area contributed by atoms with Crippen LogP contribution in [0.1, 0.15) is 68.2 Å². The van der Waals surface area contributed by atoms with Crippen LogP contribution < -0.4 is 5.32 Å². The Morgan fingerprint density at radius 1 is 1.11 bits per heavy atom. The van der Waals surface area contributed by atoms with E-state index < -0.39 is 0 Å². The average Bonchev–Trinajstić information content (AvgIpc) is 3.08. The predicted octanol–water partition coefficient (Wildman–Crippen LogP) is 3.07. The molecular formula is C15H25N3. The monoisotopic (exact) mass is 247 g/mol. The molecule has 0 radical (unpaired) electrons. The minimum absolute atomic E-state index is 0.473. The summed E-state index contributed by atoms with van der Waals surface area (Å²) >= 11 is 0. The summed E-state index contributed by atoms with van der Waals surface area (Å²) in [6.07, 6.45) is 2.53. The Bertz CT molecular complexity index is 399. The summed E-state index contributed by atoms with van der Waals surface area (Å²) < 4.78 is 0. The van der Waals surface area contributed by atoms with E-state index in [9.17, 15) is 0 Å². The van der Waals surface area contributed by atoms with Crippen molar-refractivity contribution in [2.75, 3.05) is 6.54 Å². The summed E-state index contributed by atoms with van der Waals surface area (Å²) in [6.45, 7) is 11.9. The summed E-state index contributed by atoms with van der Waals surface area (Å²) in [5, 5.41) is 3.49. The lowest BCUT2D eigenvalue weighted by Crippen LogP contribution is -2.28. The lowest BCUT2D eigenvalue weighted by molar-refractivity contribution is 0.543. The molecule has 0 saturated heterocycles. The maximum Gasteiger partial charge on any atom is 0.131 e. The first-order chi connectivity index (χ1) is 8.49. The van der Waals surface area contributed by atoms with E-state index in [1.165, 1.54) is 29.8 Å². The second kappa shape index (κ2) is 5.35. The van der Waals surface area contributed by atoms with Crippen LogP contribution in [0.3, 0.4) is 0 Å². The zero-order valence-corrected chi connectivity index (χ0v) is 12.2. The molecular weight excluding hydrogens is 222 g/mol. The molecule has 1 aromatic rings. The molecule has 3 nitrogen and oxygen atoms in total. The molecule has 0 spiro atoms. The zero-order valence-electron chi connectivity index (χ0n) is 12.2. The molecule has 3 heteroatoms. The lowest BCUT2D eigenvalue weighted by Gasteiger charge is -2.19. The largest absolute Gasteiger partial charge is 0.314 e. The molecule has 1 N–H and O–H groups in total. The predicted molar refractivity (Wildman–Crippen MR) is 75.0 cm³/mol. The molecule has 1 fully saturated rings. The van der Waals surface area contributed by atoms with E-state index in [4.69, 9.17) is 9.97 Å². The van der Waals surface area contributed by atoms with Crippen molar-refractivity contribution in [3.63, 3.8) is 0 Å². The van der Waals surface area contributed by atoms with Gasteiger partial charge >= 0.3 is 0 Å². The molecule has 2 rings (SSSR count). The average molecular weight is 247 g/mol. The molecule has 0 amide bonds. The zero-order chi connectivity index (χ0) is 13.3. The van der Waals surface area contributed by atoms with Gasteiger partial charge in [0.2, 0.25) is 0 Å². The highest BCUT2D eigenvalue weighted by Crippen LogP contribution is 2.38. The molecule has 18 heavy (non-hydrogen) atoms. The maximum atomic E-state index is 4.71. The number of rotatable bonds is 5. The van der Waals surface area contributed by atoms with Gasteiger partial charge in [0.15, 0.2) is 0 Å². The second-order valence-corrected chi connectivity index (χ2v) is 5.90. The van der Waals surface area contributed by atoms with Gasteiger partial charge in [0, 0.05) is 29.9 Å². The highest BCUT2D eigenvalue weighted by Gasteiger charge is 2.28. The third-order valence-electron chi connectivity index (χ3n) is 3.61. The first kappa shape index (κ1) is 13.5. The molecule has 1 unspecified atom stereocenters. The highest BCUT2D eigenvalue weighted by molar-refractivity contribution is 5.29. The Kier molecular flexibility index (Phi) is 4.00. The van der Waals surface area contributed by atoms with Crippen LogP contribution in [0, 0.1) is 13.8 Å². The molecule has 1 aliphatic rings. The van der Waals surface area contributed by atoms with Gasteiger partial charge in [-0.1, -0.05) is 20.8 Å². The molecule has 0 aliphatic heterocycles. The molecule has 1 heterocycles. The van der Waals surface area contributed by atoms with E-state index in [2.05, 4.69) is 39.9 Å².